The SMILES string of the molecule is Cc1[nH]nc(C(=O)NC2CCN3CCCC23)c1N. The summed E-state index contributed by atoms with van der Waals surface area (Å²) in [6, 6.07) is 0.756. The molecule has 2 atom stereocenters. The number of fused-ring (bicyclic) bond motifs is 1. The van der Waals surface area contributed by atoms with E-state index in [0.29, 0.717) is 17.4 Å². The Morgan fingerprint density at radius 3 is 3.06 bits per heavy atom. The van der Waals surface area contributed by atoms with Crippen molar-refractivity contribution in [2.75, 3.05) is 18.8 Å². The summed E-state index contributed by atoms with van der Waals surface area (Å²) in [4.78, 5) is 14.6. The second-order valence-electron chi connectivity index (χ2n) is 5.23. The number of aromatic amines is 1. The Kier molecular flexibility index (Phi) is 2.74. The maximum Gasteiger partial charge on any atom is 0.274 e. The van der Waals surface area contributed by atoms with Gasteiger partial charge in [0.2, 0.25) is 0 Å². The summed E-state index contributed by atoms with van der Waals surface area (Å²) in [5.74, 6) is -0.157. The summed E-state index contributed by atoms with van der Waals surface area (Å²) < 4.78 is 0. The van der Waals surface area contributed by atoms with Crippen LogP contribution in [-0.2, 0) is 0 Å². The maximum absolute atomic E-state index is 12.1. The van der Waals surface area contributed by atoms with Gasteiger partial charge in [0.25, 0.3) is 5.91 Å². The van der Waals surface area contributed by atoms with E-state index >= 15 is 0 Å². The van der Waals surface area contributed by atoms with Crippen molar-refractivity contribution in [1.29, 1.82) is 0 Å². The fourth-order valence-electron chi connectivity index (χ4n) is 3.10. The molecule has 1 aromatic rings. The summed E-state index contributed by atoms with van der Waals surface area (Å²) in [5, 5.41) is 9.79. The van der Waals surface area contributed by atoms with E-state index in [4.69, 9.17) is 5.73 Å². The van der Waals surface area contributed by atoms with Crippen molar-refractivity contribution in [3.8, 4) is 0 Å². The predicted octanol–water partition coefficient (Wildman–Crippen LogP) is 0.267. The van der Waals surface area contributed by atoms with Crippen LogP contribution >= 0.6 is 0 Å². The number of nitrogens with two attached hydrogens (primary N) is 1. The van der Waals surface area contributed by atoms with E-state index in [2.05, 4.69) is 20.4 Å². The van der Waals surface area contributed by atoms with Crippen LogP contribution in [0.2, 0.25) is 0 Å². The Morgan fingerprint density at radius 2 is 2.33 bits per heavy atom. The normalized spacial score (nSPS) is 27.4. The average molecular weight is 249 g/mol. The first kappa shape index (κ1) is 11.5. The first-order valence-electron chi connectivity index (χ1n) is 6.52. The predicted molar refractivity (Wildman–Crippen MR) is 68.2 cm³/mol. The van der Waals surface area contributed by atoms with Gasteiger partial charge in [0, 0.05) is 18.6 Å². The third kappa shape index (κ3) is 1.77. The fourth-order valence-corrected chi connectivity index (χ4v) is 3.10. The number of hydrogen-bond donors (Lipinski definition) is 3. The first-order valence-corrected chi connectivity index (χ1v) is 6.52. The van der Waals surface area contributed by atoms with Crippen LogP contribution in [0.5, 0.6) is 0 Å². The molecule has 1 amide bonds. The topological polar surface area (TPSA) is 87.0 Å². The number of amides is 1. The summed E-state index contributed by atoms with van der Waals surface area (Å²) >= 11 is 0. The number of nitrogens with one attached hydrogen (secondary N) is 2. The number of aryl methyl sites for hydroxylation is 1. The Balaban J connectivity index is 1.70. The fraction of sp³-hybridized carbons (Fsp3) is 0.667. The minimum atomic E-state index is -0.157. The van der Waals surface area contributed by atoms with Crippen molar-refractivity contribution in [2.24, 2.45) is 0 Å². The highest BCUT2D eigenvalue weighted by Crippen LogP contribution is 2.28. The standard InChI is InChI=1S/C12H19N5O/c1-7-10(13)11(16-15-7)12(18)14-8-4-6-17-5-2-3-9(8)17/h8-9H,2-6,13H2,1H3,(H,14,18)(H,15,16). The van der Waals surface area contributed by atoms with Gasteiger partial charge in [-0.1, -0.05) is 0 Å². The molecule has 2 aliphatic rings. The maximum atomic E-state index is 12.1. The number of aromatic nitrogens is 2. The van der Waals surface area contributed by atoms with Crippen molar-refractivity contribution in [3.63, 3.8) is 0 Å². The number of carbonyl (C=O) groups excluding carboxylic acids is 1. The molecular formula is C12H19N5O. The van der Waals surface area contributed by atoms with Crippen molar-refractivity contribution in [1.82, 2.24) is 20.4 Å². The molecule has 2 aliphatic heterocycles. The van der Waals surface area contributed by atoms with E-state index in [9.17, 15) is 4.79 Å². The quantitative estimate of drug-likeness (QED) is 0.702. The van der Waals surface area contributed by atoms with Gasteiger partial charge < -0.3 is 11.1 Å². The zero-order chi connectivity index (χ0) is 12.7. The molecule has 1 aromatic heterocycles. The van der Waals surface area contributed by atoms with Gasteiger partial charge in [0.05, 0.1) is 11.4 Å². The lowest BCUT2D eigenvalue weighted by Crippen LogP contribution is -2.42. The third-order valence-electron chi connectivity index (χ3n) is 4.13. The molecular weight excluding hydrogens is 230 g/mol. The molecule has 3 rings (SSSR count). The van der Waals surface area contributed by atoms with Gasteiger partial charge in [0.15, 0.2) is 5.69 Å². The molecule has 0 saturated carbocycles. The van der Waals surface area contributed by atoms with Crippen molar-refractivity contribution in [2.45, 2.75) is 38.3 Å². The van der Waals surface area contributed by atoms with E-state index in [0.717, 1.165) is 18.7 Å². The van der Waals surface area contributed by atoms with Gasteiger partial charge in [-0.3, -0.25) is 14.8 Å². The van der Waals surface area contributed by atoms with Gasteiger partial charge in [-0.2, -0.15) is 5.10 Å². The molecule has 4 N–H and O–H groups in total. The van der Waals surface area contributed by atoms with Crippen LogP contribution in [-0.4, -0.2) is 46.2 Å². The molecule has 0 spiro atoms. The molecule has 6 nitrogen and oxygen atoms in total. The lowest BCUT2D eigenvalue weighted by molar-refractivity contribution is 0.0925. The van der Waals surface area contributed by atoms with Crippen LogP contribution in [0.25, 0.3) is 0 Å². The molecule has 0 aromatic carbocycles. The van der Waals surface area contributed by atoms with Gasteiger partial charge >= 0.3 is 0 Å². The van der Waals surface area contributed by atoms with Crippen molar-refractivity contribution >= 4 is 11.6 Å². The second kappa shape index (κ2) is 4.28. The molecule has 2 unspecified atom stereocenters. The Hall–Kier alpha value is -1.56. The molecule has 6 heteroatoms. The number of rotatable bonds is 2. The van der Waals surface area contributed by atoms with Crippen molar-refractivity contribution in [3.05, 3.63) is 11.4 Å². The van der Waals surface area contributed by atoms with E-state index in [1.165, 1.54) is 19.4 Å². The summed E-state index contributed by atoms with van der Waals surface area (Å²) in [7, 11) is 0. The largest absolute Gasteiger partial charge is 0.395 e. The number of carbonyl (C=O) groups is 1. The molecule has 2 saturated heterocycles. The minimum Gasteiger partial charge on any atom is -0.395 e. The monoisotopic (exact) mass is 249 g/mol. The Labute approximate surface area is 106 Å². The summed E-state index contributed by atoms with van der Waals surface area (Å²) in [6.45, 7) is 4.07. The Morgan fingerprint density at radius 1 is 1.50 bits per heavy atom. The molecule has 0 aliphatic carbocycles. The molecule has 3 heterocycles. The molecule has 18 heavy (non-hydrogen) atoms. The number of nitrogens with zero attached hydrogens (tertiary/aromatic N) is 2. The molecule has 0 bridgehead atoms. The summed E-state index contributed by atoms with van der Waals surface area (Å²) in [5.41, 5.74) is 7.34. The molecule has 98 valence electrons. The first-order chi connectivity index (χ1) is 8.66. The lowest BCUT2D eigenvalue weighted by Gasteiger charge is -2.20. The third-order valence-corrected chi connectivity index (χ3v) is 4.13. The van der Waals surface area contributed by atoms with E-state index in [1.807, 2.05) is 6.92 Å². The van der Waals surface area contributed by atoms with Crippen LogP contribution in [0.4, 0.5) is 5.69 Å². The number of H-pyrrole nitrogens is 1. The number of anilines is 1. The van der Waals surface area contributed by atoms with Crippen LogP contribution < -0.4 is 11.1 Å². The van der Waals surface area contributed by atoms with Crippen LogP contribution in [0.3, 0.4) is 0 Å². The smallest absolute Gasteiger partial charge is 0.274 e. The molecule has 0 radical (unpaired) electrons. The van der Waals surface area contributed by atoms with Gasteiger partial charge in [-0.05, 0) is 32.7 Å². The second-order valence-corrected chi connectivity index (χ2v) is 5.23. The van der Waals surface area contributed by atoms with Gasteiger partial charge in [-0.15, -0.1) is 0 Å². The molecule has 2 fully saturated rings. The van der Waals surface area contributed by atoms with E-state index < -0.39 is 0 Å². The van der Waals surface area contributed by atoms with Gasteiger partial charge in [-0.25, -0.2) is 0 Å². The van der Waals surface area contributed by atoms with Crippen LogP contribution in [0.15, 0.2) is 0 Å². The zero-order valence-electron chi connectivity index (χ0n) is 10.6. The summed E-state index contributed by atoms with van der Waals surface area (Å²) in [6.07, 6.45) is 3.44. The minimum absolute atomic E-state index is 0.157. The van der Waals surface area contributed by atoms with Gasteiger partial charge in [0.1, 0.15) is 0 Å². The highest BCUT2D eigenvalue weighted by atomic mass is 16.2. The highest BCUT2D eigenvalue weighted by molar-refractivity contribution is 5.97. The highest BCUT2D eigenvalue weighted by Gasteiger charge is 2.38. The number of hydrogen-bond acceptors (Lipinski definition) is 4. The van der Waals surface area contributed by atoms with Crippen LogP contribution in [0, 0.1) is 6.92 Å². The lowest BCUT2D eigenvalue weighted by atomic mass is 10.1. The van der Waals surface area contributed by atoms with Crippen molar-refractivity contribution < 1.29 is 4.79 Å². The number of nitrogen functional groups attached to an aromatic ring is 1. The van der Waals surface area contributed by atoms with Crippen LogP contribution in [0.1, 0.15) is 35.4 Å². The zero-order valence-corrected chi connectivity index (χ0v) is 10.6. The van der Waals surface area contributed by atoms with E-state index in [-0.39, 0.29) is 11.9 Å². The Bertz CT molecular complexity index is 469. The van der Waals surface area contributed by atoms with E-state index in [1.54, 1.807) is 0 Å². The average Bonchev–Trinajstić information content (AvgIpc) is 3.00.